The first-order chi connectivity index (χ1) is 15.8. The molecule has 1 aliphatic rings. The molecule has 3 nitrogen and oxygen atoms in total. The quantitative estimate of drug-likeness (QED) is 0.331. The Balaban J connectivity index is 1.42. The number of allylic oxidation sites excluding steroid dienone is 2. The highest BCUT2D eigenvalue weighted by molar-refractivity contribution is 8.03. The largest absolute Gasteiger partial charge is 0.398 e. The minimum absolute atomic E-state index is 0.522. The normalized spacial score (nSPS) is 17.7. The summed E-state index contributed by atoms with van der Waals surface area (Å²) in [6, 6.07) is 30.0. The second-order valence-corrected chi connectivity index (χ2v) is 9.16. The predicted molar refractivity (Wildman–Crippen MR) is 133 cm³/mol. The van der Waals surface area contributed by atoms with Crippen molar-refractivity contribution in [3.05, 3.63) is 119 Å². The molecule has 1 fully saturated rings. The highest BCUT2D eigenvalue weighted by Crippen LogP contribution is 2.34. The maximum Gasteiger partial charge on any atom is 0.374 e. The first-order valence-electron chi connectivity index (χ1n) is 11.0. The summed E-state index contributed by atoms with van der Waals surface area (Å²) in [6.45, 7) is 4.01. The fraction of sp³-hybridized carbons (Fsp3) is 0.179. The third kappa shape index (κ3) is 4.51. The number of hydrogen-bond donors (Lipinski definition) is 0. The predicted octanol–water partition coefficient (Wildman–Crippen LogP) is 6.26. The van der Waals surface area contributed by atoms with E-state index in [4.69, 9.17) is 4.42 Å². The second-order valence-electron chi connectivity index (χ2n) is 8.12. The fourth-order valence-corrected chi connectivity index (χ4v) is 5.25. The molecule has 4 heteroatoms. The monoisotopic (exact) mass is 439 g/mol. The summed E-state index contributed by atoms with van der Waals surface area (Å²) in [7, 11) is 0. The molecule has 0 amide bonds. The smallest absolute Gasteiger partial charge is 0.374 e. The lowest BCUT2D eigenvalue weighted by atomic mass is 10.2. The lowest BCUT2D eigenvalue weighted by Crippen LogP contribution is -2.35. The lowest BCUT2D eigenvalue weighted by Gasteiger charge is -2.24. The van der Waals surface area contributed by atoms with Gasteiger partial charge in [0.2, 0.25) is 5.58 Å². The number of thioether (sulfide) groups is 1. The minimum atomic E-state index is 0.522. The SMILES string of the molecule is CC1CS/C(=C\C=C\c2oc3ccccc3[n+]2Cc2ccccc2)N1Cc1ccccc1. The molecule has 1 atom stereocenters. The molecule has 0 bridgehead atoms. The average molecular weight is 440 g/mol. The van der Waals surface area contributed by atoms with Gasteiger partial charge in [0.1, 0.15) is 0 Å². The molecule has 0 saturated carbocycles. The van der Waals surface area contributed by atoms with Crippen molar-refractivity contribution in [1.29, 1.82) is 0 Å². The summed E-state index contributed by atoms with van der Waals surface area (Å²) in [6.07, 6.45) is 6.43. The Kier molecular flexibility index (Phi) is 6.13. The van der Waals surface area contributed by atoms with Crippen LogP contribution in [0.4, 0.5) is 0 Å². The Morgan fingerprint density at radius 2 is 1.62 bits per heavy atom. The van der Waals surface area contributed by atoms with Crippen molar-refractivity contribution >= 4 is 28.9 Å². The number of hydrogen-bond acceptors (Lipinski definition) is 3. The molecule has 4 aromatic rings. The Hall–Kier alpha value is -3.24. The molecule has 0 radical (unpaired) electrons. The summed E-state index contributed by atoms with van der Waals surface area (Å²) in [4.78, 5) is 2.49. The van der Waals surface area contributed by atoms with Gasteiger partial charge in [0, 0.05) is 30.0 Å². The highest BCUT2D eigenvalue weighted by atomic mass is 32.2. The van der Waals surface area contributed by atoms with Crippen molar-refractivity contribution in [3.8, 4) is 0 Å². The van der Waals surface area contributed by atoms with Gasteiger partial charge in [-0.1, -0.05) is 72.8 Å². The summed E-state index contributed by atoms with van der Waals surface area (Å²) < 4.78 is 8.45. The number of nitrogens with zero attached hydrogens (tertiary/aromatic N) is 2. The summed E-state index contributed by atoms with van der Waals surface area (Å²) in [5.74, 6) is 1.98. The lowest BCUT2D eigenvalue weighted by molar-refractivity contribution is -0.669. The van der Waals surface area contributed by atoms with Gasteiger partial charge in [0.15, 0.2) is 6.54 Å². The van der Waals surface area contributed by atoms with E-state index in [1.807, 2.05) is 23.9 Å². The Morgan fingerprint density at radius 3 is 2.41 bits per heavy atom. The molecule has 3 aromatic carbocycles. The van der Waals surface area contributed by atoms with Gasteiger partial charge in [0.25, 0.3) is 5.52 Å². The zero-order chi connectivity index (χ0) is 21.8. The number of rotatable bonds is 6. The van der Waals surface area contributed by atoms with Crippen LogP contribution in [0.25, 0.3) is 17.2 Å². The van der Waals surface area contributed by atoms with Crippen molar-refractivity contribution in [3.63, 3.8) is 0 Å². The molecular weight excluding hydrogens is 412 g/mol. The minimum Gasteiger partial charge on any atom is -0.398 e. The number of benzene rings is 3. The van der Waals surface area contributed by atoms with Crippen molar-refractivity contribution < 1.29 is 8.98 Å². The van der Waals surface area contributed by atoms with Gasteiger partial charge in [-0.3, -0.25) is 0 Å². The van der Waals surface area contributed by atoms with Crippen LogP contribution in [-0.4, -0.2) is 16.7 Å². The summed E-state index contributed by atoms with van der Waals surface area (Å²) in [5, 5.41) is 1.31. The fourth-order valence-electron chi connectivity index (χ4n) is 4.07. The zero-order valence-electron chi connectivity index (χ0n) is 18.2. The van der Waals surface area contributed by atoms with Crippen LogP contribution in [0.5, 0.6) is 0 Å². The Morgan fingerprint density at radius 1 is 0.938 bits per heavy atom. The molecule has 32 heavy (non-hydrogen) atoms. The third-order valence-corrected chi connectivity index (χ3v) is 7.10. The van der Waals surface area contributed by atoms with Crippen LogP contribution in [0.2, 0.25) is 0 Å². The molecule has 160 valence electrons. The van der Waals surface area contributed by atoms with Crippen LogP contribution in [0.15, 0.2) is 107 Å². The number of oxazole rings is 1. The van der Waals surface area contributed by atoms with E-state index in [2.05, 4.69) is 107 Å². The van der Waals surface area contributed by atoms with Crippen LogP contribution in [0.1, 0.15) is 23.9 Å². The highest BCUT2D eigenvalue weighted by Gasteiger charge is 2.25. The Bertz CT molecular complexity index is 1240. The summed E-state index contributed by atoms with van der Waals surface area (Å²) in [5.41, 5.74) is 4.62. The van der Waals surface area contributed by atoms with Crippen molar-refractivity contribution in [2.24, 2.45) is 0 Å². The zero-order valence-corrected chi connectivity index (χ0v) is 19.0. The van der Waals surface area contributed by atoms with Gasteiger partial charge in [-0.15, -0.1) is 11.8 Å². The van der Waals surface area contributed by atoms with E-state index in [0.717, 1.165) is 35.8 Å². The van der Waals surface area contributed by atoms with E-state index >= 15 is 0 Å². The van der Waals surface area contributed by atoms with Gasteiger partial charge in [0.05, 0.1) is 11.1 Å². The van der Waals surface area contributed by atoms with Crippen molar-refractivity contribution in [2.75, 3.05) is 5.75 Å². The summed E-state index contributed by atoms with van der Waals surface area (Å²) >= 11 is 1.92. The Labute approximate surface area is 193 Å². The van der Waals surface area contributed by atoms with Crippen LogP contribution in [0, 0.1) is 0 Å². The first kappa shape index (κ1) is 20.7. The molecule has 2 heterocycles. The molecule has 1 aliphatic heterocycles. The molecule has 1 saturated heterocycles. The third-order valence-electron chi connectivity index (χ3n) is 5.78. The number of aromatic nitrogens is 1. The van der Waals surface area contributed by atoms with Gasteiger partial charge >= 0.3 is 5.89 Å². The van der Waals surface area contributed by atoms with E-state index in [0.29, 0.717) is 6.04 Å². The molecule has 1 unspecified atom stereocenters. The van der Waals surface area contributed by atoms with Crippen molar-refractivity contribution in [1.82, 2.24) is 4.90 Å². The van der Waals surface area contributed by atoms with Gasteiger partial charge in [-0.25, -0.2) is 0 Å². The number of para-hydroxylation sites is 2. The van der Waals surface area contributed by atoms with Crippen LogP contribution in [0.3, 0.4) is 0 Å². The van der Waals surface area contributed by atoms with E-state index < -0.39 is 0 Å². The average Bonchev–Trinajstić information content (AvgIpc) is 3.36. The van der Waals surface area contributed by atoms with E-state index in [1.54, 1.807) is 0 Å². The second kappa shape index (κ2) is 9.49. The molecule has 0 N–H and O–H groups in total. The molecule has 0 aliphatic carbocycles. The van der Waals surface area contributed by atoms with Crippen LogP contribution in [-0.2, 0) is 13.1 Å². The van der Waals surface area contributed by atoms with E-state index in [9.17, 15) is 0 Å². The van der Waals surface area contributed by atoms with Crippen molar-refractivity contribution in [2.45, 2.75) is 26.1 Å². The van der Waals surface area contributed by atoms with Gasteiger partial charge in [-0.05, 0) is 30.7 Å². The van der Waals surface area contributed by atoms with E-state index in [-0.39, 0.29) is 0 Å². The van der Waals surface area contributed by atoms with Crippen LogP contribution < -0.4 is 4.57 Å². The molecule has 5 rings (SSSR count). The number of fused-ring (bicyclic) bond motifs is 1. The first-order valence-corrected chi connectivity index (χ1v) is 12.0. The molecule has 1 aromatic heterocycles. The molecule has 0 spiro atoms. The van der Waals surface area contributed by atoms with Gasteiger partial charge in [-0.2, -0.15) is 4.57 Å². The maximum atomic E-state index is 6.21. The van der Waals surface area contributed by atoms with Crippen LogP contribution >= 0.6 is 11.8 Å². The standard InChI is InChI=1S/C28H27N2OS/c1-22-21-32-28(29(22)19-23-11-4-2-5-12-23)18-10-17-27-30(20-24-13-6-3-7-14-24)25-15-8-9-16-26(25)31-27/h2-18,22H,19-21H2,1H3/q+1. The van der Waals surface area contributed by atoms with E-state index in [1.165, 1.54) is 16.2 Å². The van der Waals surface area contributed by atoms with Gasteiger partial charge < -0.3 is 9.32 Å². The maximum absolute atomic E-state index is 6.21. The topological polar surface area (TPSA) is 20.3 Å². The molecular formula is C28H27N2OS+.